The van der Waals surface area contributed by atoms with E-state index in [1.165, 1.54) is 12.8 Å². The molecule has 0 bridgehead atoms. The second-order valence-corrected chi connectivity index (χ2v) is 2.11. The topological polar surface area (TPSA) is 38.0 Å². The number of nitrogens with two attached hydrogens (primary N) is 1. The van der Waals surface area contributed by atoms with Crippen molar-refractivity contribution in [3.63, 3.8) is 0 Å². The Bertz CT molecular complexity index is 52.4. The van der Waals surface area contributed by atoms with Crippen LogP contribution >= 0.6 is 12.4 Å². The van der Waals surface area contributed by atoms with Crippen molar-refractivity contribution in [2.45, 2.75) is 18.9 Å². The number of piperidine rings is 1. The summed E-state index contributed by atoms with van der Waals surface area (Å²) in [7, 11) is 0. The van der Waals surface area contributed by atoms with Crippen molar-refractivity contribution in [3.05, 3.63) is 0 Å². The molecule has 0 unspecified atom stereocenters. The van der Waals surface area contributed by atoms with Crippen LogP contribution in [-0.4, -0.2) is 19.1 Å². The van der Waals surface area contributed by atoms with Gasteiger partial charge in [-0.25, -0.2) is 0 Å². The highest BCUT2D eigenvalue weighted by molar-refractivity contribution is 5.85. The van der Waals surface area contributed by atoms with Crippen molar-refractivity contribution < 1.29 is 0 Å². The molecule has 3 N–H and O–H groups in total. The van der Waals surface area contributed by atoms with Crippen LogP contribution in [0.5, 0.6) is 0 Å². The number of hydrogen-bond donors (Lipinski definition) is 2. The third kappa shape index (κ3) is 2.50. The third-order valence-electron chi connectivity index (χ3n) is 1.33. The molecule has 0 aromatic carbocycles. The molecular weight excluding hydrogens is 124 g/mol. The predicted molar refractivity (Wildman–Crippen MR) is 37.3 cm³/mol. The van der Waals surface area contributed by atoms with E-state index in [2.05, 4.69) is 5.32 Å². The van der Waals surface area contributed by atoms with Crippen LogP contribution in [0.1, 0.15) is 12.8 Å². The van der Waals surface area contributed by atoms with Gasteiger partial charge >= 0.3 is 0 Å². The van der Waals surface area contributed by atoms with Gasteiger partial charge in [0.2, 0.25) is 0 Å². The van der Waals surface area contributed by atoms with E-state index in [-0.39, 0.29) is 12.4 Å². The molecule has 1 fully saturated rings. The fourth-order valence-electron chi connectivity index (χ4n) is 0.879. The van der Waals surface area contributed by atoms with E-state index in [1.807, 2.05) is 0 Å². The summed E-state index contributed by atoms with van der Waals surface area (Å²) < 4.78 is 0. The maximum atomic E-state index is 5.57. The van der Waals surface area contributed by atoms with Gasteiger partial charge in [-0.15, -0.1) is 12.4 Å². The van der Waals surface area contributed by atoms with Gasteiger partial charge in [0.1, 0.15) is 0 Å². The maximum Gasteiger partial charge on any atom is 0.0165 e. The lowest BCUT2D eigenvalue weighted by Gasteiger charge is -2.17. The predicted octanol–water partition coefficient (Wildman–Crippen LogP) is 0.119. The first-order valence-electron chi connectivity index (χ1n) is 2.86. The van der Waals surface area contributed by atoms with E-state index < -0.39 is 0 Å². The second-order valence-electron chi connectivity index (χ2n) is 2.11. The molecule has 0 aliphatic carbocycles. The molecule has 2 nitrogen and oxygen atoms in total. The maximum absolute atomic E-state index is 5.57. The Morgan fingerprint density at radius 2 is 2.25 bits per heavy atom. The van der Waals surface area contributed by atoms with Gasteiger partial charge in [-0.1, -0.05) is 0 Å². The molecule has 0 saturated carbocycles. The molecule has 3 heteroatoms. The number of hydrogen-bond acceptors (Lipinski definition) is 2. The third-order valence-corrected chi connectivity index (χ3v) is 1.33. The molecule has 1 saturated heterocycles. The van der Waals surface area contributed by atoms with E-state index in [1.54, 1.807) is 0 Å². The van der Waals surface area contributed by atoms with Crippen LogP contribution in [0.2, 0.25) is 0 Å². The number of halogens is 1. The van der Waals surface area contributed by atoms with Crippen molar-refractivity contribution in [1.29, 1.82) is 0 Å². The van der Waals surface area contributed by atoms with Crippen molar-refractivity contribution in [2.24, 2.45) is 5.73 Å². The van der Waals surface area contributed by atoms with Gasteiger partial charge in [-0.3, -0.25) is 0 Å². The normalized spacial score (nSPS) is 28.9. The smallest absolute Gasteiger partial charge is 0.0165 e. The fraction of sp³-hybridized carbons (Fsp3) is 1.00. The van der Waals surface area contributed by atoms with Gasteiger partial charge in [0, 0.05) is 12.6 Å². The fourth-order valence-corrected chi connectivity index (χ4v) is 0.879. The van der Waals surface area contributed by atoms with Crippen LogP contribution in [0.4, 0.5) is 0 Å². The van der Waals surface area contributed by atoms with Crippen LogP contribution in [0.15, 0.2) is 0 Å². The SMILES string of the molecule is Cl.N[C@@H]1CCCNC1. The summed E-state index contributed by atoms with van der Waals surface area (Å²) in [6.07, 6.45) is 2.45. The van der Waals surface area contributed by atoms with E-state index in [0.29, 0.717) is 6.04 Å². The molecule has 0 radical (unpaired) electrons. The summed E-state index contributed by atoms with van der Waals surface area (Å²) in [4.78, 5) is 0. The molecule has 0 aromatic heterocycles. The Kier molecular flexibility index (Phi) is 4.23. The highest BCUT2D eigenvalue weighted by atomic mass is 35.5. The summed E-state index contributed by atoms with van der Waals surface area (Å²) in [6.45, 7) is 2.17. The van der Waals surface area contributed by atoms with Crippen molar-refractivity contribution in [1.82, 2.24) is 5.32 Å². The minimum atomic E-state index is 0. The molecule has 1 aliphatic heterocycles. The highest BCUT2D eigenvalue weighted by Gasteiger charge is 2.05. The largest absolute Gasteiger partial charge is 0.327 e. The Morgan fingerprint density at radius 3 is 2.50 bits per heavy atom. The van der Waals surface area contributed by atoms with Crippen molar-refractivity contribution in [3.8, 4) is 0 Å². The van der Waals surface area contributed by atoms with Gasteiger partial charge in [-0.05, 0) is 19.4 Å². The first-order chi connectivity index (χ1) is 3.39. The zero-order valence-electron chi connectivity index (χ0n) is 4.89. The first kappa shape index (κ1) is 8.21. The molecule has 0 amide bonds. The average molecular weight is 137 g/mol. The number of nitrogens with one attached hydrogen (secondary N) is 1. The highest BCUT2D eigenvalue weighted by Crippen LogP contribution is 1.96. The summed E-state index contributed by atoms with van der Waals surface area (Å²) in [5, 5.41) is 3.21. The van der Waals surface area contributed by atoms with Gasteiger partial charge in [0.25, 0.3) is 0 Å². The van der Waals surface area contributed by atoms with E-state index in [4.69, 9.17) is 5.73 Å². The monoisotopic (exact) mass is 136 g/mol. The van der Waals surface area contributed by atoms with Crippen LogP contribution < -0.4 is 11.1 Å². The lowest BCUT2D eigenvalue weighted by Crippen LogP contribution is -2.39. The Balaban J connectivity index is 0.000000490. The van der Waals surface area contributed by atoms with Crippen LogP contribution in [0.25, 0.3) is 0 Å². The molecule has 0 spiro atoms. The standard InChI is InChI=1S/C5H12N2.ClH/c6-5-2-1-3-7-4-5;/h5,7H,1-4,6H2;1H/t5-;/m1./s1. The summed E-state index contributed by atoms with van der Waals surface area (Å²) in [6, 6.07) is 0.425. The van der Waals surface area contributed by atoms with Gasteiger partial charge in [0.15, 0.2) is 0 Å². The second kappa shape index (κ2) is 4.13. The number of rotatable bonds is 0. The molecule has 0 aromatic rings. The minimum absolute atomic E-state index is 0. The zero-order chi connectivity index (χ0) is 5.11. The Labute approximate surface area is 56.2 Å². The summed E-state index contributed by atoms with van der Waals surface area (Å²) in [5.74, 6) is 0. The molecule has 1 aliphatic rings. The lowest BCUT2D eigenvalue weighted by molar-refractivity contribution is 0.459. The molecule has 1 atom stereocenters. The molecule has 1 rings (SSSR count). The molecule has 8 heavy (non-hydrogen) atoms. The summed E-state index contributed by atoms with van der Waals surface area (Å²) in [5.41, 5.74) is 5.57. The lowest BCUT2D eigenvalue weighted by atomic mass is 10.1. The van der Waals surface area contributed by atoms with Crippen molar-refractivity contribution in [2.75, 3.05) is 13.1 Å². The zero-order valence-corrected chi connectivity index (χ0v) is 5.71. The molecular formula is C5H13ClN2. The van der Waals surface area contributed by atoms with Crippen LogP contribution in [0.3, 0.4) is 0 Å². The van der Waals surface area contributed by atoms with Crippen LogP contribution in [0, 0.1) is 0 Å². The van der Waals surface area contributed by atoms with Gasteiger partial charge in [0.05, 0.1) is 0 Å². The Morgan fingerprint density at radius 1 is 1.50 bits per heavy atom. The van der Waals surface area contributed by atoms with E-state index in [0.717, 1.165) is 13.1 Å². The Hall–Kier alpha value is 0.210. The van der Waals surface area contributed by atoms with Crippen LogP contribution in [-0.2, 0) is 0 Å². The first-order valence-corrected chi connectivity index (χ1v) is 2.86. The average Bonchev–Trinajstić information content (AvgIpc) is 1.69. The van der Waals surface area contributed by atoms with Crippen molar-refractivity contribution >= 4 is 12.4 Å². The summed E-state index contributed by atoms with van der Waals surface area (Å²) >= 11 is 0. The minimum Gasteiger partial charge on any atom is -0.327 e. The van der Waals surface area contributed by atoms with Gasteiger partial charge < -0.3 is 11.1 Å². The van der Waals surface area contributed by atoms with E-state index >= 15 is 0 Å². The van der Waals surface area contributed by atoms with E-state index in [9.17, 15) is 0 Å². The molecule has 1 heterocycles. The molecule has 50 valence electrons. The van der Waals surface area contributed by atoms with Gasteiger partial charge in [-0.2, -0.15) is 0 Å². The quantitative estimate of drug-likeness (QED) is 0.497.